The first kappa shape index (κ1) is 39.2. The molecule has 0 unspecified atom stereocenters. The zero-order valence-electron chi connectivity index (χ0n) is 36.9. The minimum Gasteiger partial charge on any atom is -0.456 e. The van der Waals surface area contributed by atoms with Crippen LogP contribution in [0.5, 0.6) is 0 Å². The molecule has 0 fully saturated rings. The normalized spacial score (nSPS) is 11.8. The van der Waals surface area contributed by atoms with Crippen LogP contribution in [0.1, 0.15) is 0 Å². The van der Waals surface area contributed by atoms with Crippen molar-refractivity contribution in [1.82, 2.24) is 15.0 Å². The molecule has 6 heteroatoms. The molecule has 5 nitrogen and oxygen atoms in total. The summed E-state index contributed by atoms with van der Waals surface area (Å²) in [4.78, 5) is 15.7. The van der Waals surface area contributed by atoms with Crippen molar-refractivity contribution in [3.63, 3.8) is 0 Å². The summed E-state index contributed by atoms with van der Waals surface area (Å²) in [7, 11) is 0. The molecular weight excluding hydrogens is 863 g/mol. The lowest BCUT2D eigenvalue weighted by Crippen LogP contribution is -2.00. The number of fused-ring (bicyclic) bond motifs is 9. The topological polar surface area (TPSA) is 65.0 Å². The summed E-state index contributed by atoms with van der Waals surface area (Å²) in [5.74, 6) is 1.74. The molecule has 0 saturated heterocycles. The summed E-state index contributed by atoms with van der Waals surface area (Å²) in [6, 6.07) is 78.6. The molecule has 0 aliphatic heterocycles. The molecule has 14 rings (SSSR count). The van der Waals surface area contributed by atoms with E-state index in [1.165, 1.54) is 25.7 Å². The van der Waals surface area contributed by atoms with E-state index in [-0.39, 0.29) is 0 Å². The Morgan fingerprint density at radius 2 is 0.768 bits per heavy atom. The van der Waals surface area contributed by atoms with Gasteiger partial charge < -0.3 is 8.83 Å². The van der Waals surface area contributed by atoms with Crippen LogP contribution in [-0.4, -0.2) is 15.0 Å². The molecule has 0 bridgehead atoms. The van der Waals surface area contributed by atoms with Gasteiger partial charge in [0, 0.05) is 58.4 Å². The van der Waals surface area contributed by atoms with Crippen LogP contribution in [-0.2, 0) is 0 Å². The molecule has 0 aliphatic rings. The lowest BCUT2D eigenvalue weighted by atomic mass is 9.96. The molecule has 322 valence electrons. The Balaban J connectivity index is 0.906. The Kier molecular flexibility index (Phi) is 9.00. The predicted octanol–water partition coefficient (Wildman–Crippen LogP) is 17.7. The van der Waals surface area contributed by atoms with Gasteiger partial charge >= 0.3 is 0 Å². The van der Waals surface area contributed by atoms with Crippen LogP contribution in [0.25, 0.3) is 143 Å². The number of aromatic nitrogens is 3. The highest BCUT2D eigenvalue weighted by Crippen LogP contribution is 2.43. The van der Waals surface area contributed by atoms with Gasteiger partial charge in [-0.1, -0.05) is 164 Å². The second-order valence-electron chi connectivity index (χ2n) is 17.5. The van der Waals surface area contributed by atoms with E-state index in [9.17, 15) is 0 Å². The molecule has 4 aromatic heterocycles. The van der Waals surface area contributed by atoms with Gasteiger partial charge in [-0.15, -0.1) is 11.3 Å². The highest BCUT2D eigenvalue weighted by Gasteiger charge is 2.21. The Hall–Kier alpha value is -8.97. The van der Waals surface area contributed by atoms with Crippen molar-refractivity contribution >= 4 is 75.4 Å². The van der Waals surface area contributed by atoms with E-state index in [1.807, 2.05) is 35.6 Å². The van der Waals surface area contributed by atoms with Gasteiger partial charge in [-0.25, -0.2) is 15.0 Å². The van der Waals surface area contributed by atoms with Gasteiger partial charge in [0.2, 0.25) is 0 Å². The van der Waals surface area contributed by atoms with Gasteiger partial charge in [0.25, 0.3) is 0 Å². The Morgan fingerprint density at radius 3 is 1.48 bits per heavy atom. The van der Waals surface area contributed by atoms with E-state index in [4.69, 9.17) is 23.8 Å². The van der Waals surface area contributed by atoms with Crippen LogP contribution in [0.4, 0.5) is 0 Å². The fraction of sp³-hybridized carbons (Fsp3) is 0. The summed E-state index contributed by atoms with van der Waals surface area (Å²) in [6.45, 7) is 0. The van der Waals surface area contributed by atoms with Crippen LogP contribution in [0, 0.1) is 0 Å². The van der Waals surface area contributed by atoms with E-state index in [2.05, 4.69) is 200 Å². The van der Waals surface area contributed by atoms with Gasteiger partial charge in [0.1, 0.15) is 22.3 Å². The second-order valence-corrected chi connectivity index (χ2v) is 18.6. The van der Waals surface area contributed by atoms with Crippen LogP contribution >= 0.6 is 11.3 Å². The fourth-order valence-electron chi connectivity index (χ4n) is 10.0. The molecule has 0 N–H and O–H groups in total. The number of hydrogen-bond acceptors (Lipinski definition) is 6. The maximum Gasteiger partial charge on any atom is 0.164 e. The Bertz CT molecular complexity index is 4220. The Labute approximate surface area is 400 Å². The minimum atomic E-state index is 0.564. The first-order chi connectivity index (χ1) is 34.1. The van der Waals surface area contributed by atoms with Crippen LogP contribution in [0.2, 0.25) is 0 Å². The van der Waals surface area contributed by atoms with Crippen LogP contribution in [0.3, 0.4) is 0 Å². The van der Waals surface area contributed by atoms with Gasteiger partial charge in [0.15, 0.2) is 17.5 Å². The summed E-state index contributed by atoms with van der Waals surface area (Å²) in [6.07, 6.45) is 0. The monoisotopic (exact) mass is 899 g/mol. The maximum absolute atomic E-state index is 6.65. The van der Waals surface area contributed by atoms with E-state index >= 15 is 0 Å². The van der Waals surface area contributed by atoms with Crippen molar-refractivity contribution in [3.05, 3.63) is 224 Å². The highest BCUT2D eigenvalue weighted by molar-refractivity contribution is 7.25. The Morgan fingerprint density at radius 1 is 0.261 bits per heavy atom. The zero-order valence-corrected chi connectivity index (χ0v) is 37.7. The van der Waals surface area contributed by atoms with Crippen molar-refractivity contribution in [2.24, 2.45) is 0 Å². The third-order valence-electron chi connectivity index (χ3n) is 13.3. The van der Waals surface area contributed by atoms with Crippen LogP contribution in [0.15, 0.2) is 233 Å². The lowest BCUT2D eigenvalue weighted by Gasteiger charge is -2.11. The number of hydrogen-bond donors (Lipinski definition) is 0. The molecule has 10 aromatic carbocycles. The van der Waals surface area contributed by atoms with Crippen molar-refractivity contribution in [3.8, 4) is 78.7 Å². The highest BCUT2D eigenvalue weighted by atomic mass is 32.1. The van der Waals surface area contributed by atoms with Crippen molar-refractivity contribution in [2.45, 2.75) is 0 Å². The minimum absolute atomic E-state index is 0.564. The average molecular weight is 900 g/mol. The molecule has 0 saturated carbocycles. The van der Waals surface area contributed by atoms with Crippen molar-refractivity contribution < 1.29 is 8.83 Å². The van der Waals surface area contributed by atoms with Gasteiger partial charge in [-0.2, -0.15) is 0 Å². The lowest BCUT2D eigenvalue weighted by molar-refractivity contribution is 0.669. The standard InChI is InChI=1S/C63H37N3O2S/c1-3-13-38(14-4-1)40-17-9-19-45(33-40)61-64-62(46-20-10-18-41(34-46)39-15-5-2-6-16-39)66-63(65-61)51-23-12-25-55-60(51)52-35-44(29-32-53(52)67-55)47-22-11-24-54-59(47)50-31-28-42(36-56(50)68-54)43-27-30-49-48-21-7-8-26-57(48)69-58(49)37-43/h1-37H. The van der Waals surface area contributed by atoms with Crippen molar-refractivity contribution in [2.75, 3.05) is 0 Å². The first-order valence-electron chi connectivity index (χ1n) is 23.1. The number of nitrogens with zero attached hydrogens (tertiary/aromatic N) is 3. The van der Waals surface area contributed by atoms with Gasteiger partial charge in [0.05, 0.1) is 0 Å². The quantitative estimate of drug-likeness (QED) is 0.159. The maximum atomic E-state index is 6.65. The van der Waals surface area contributed by atoms with Crippen molar-refractivity contribution in [1.29, 1.82) is 0 Å². The molecular formula is C63H37N3O2S. The molecule has 0 atom stereocenters. The number of rotatable bonds is 7. The molecule has 0 spiro atoms. The summed E-state index contributed by atoms with van der Waals surface area (Å²) >= 11 is 1.84. The second kappa shape index (κ2) is 15.8. The first-order valence-corrected chi connectivity index (χ1v) is 23.9. The van der Waals surface area contributed by atoms with Crippen LogP contribution < -0.4 is 0 Å². The smallest absolute Gasteiger partial charge is 0.164 e. The largest absolute Gasteiger partial charge is 0.456 e. The van der Waals surface area contributed by atoms with E-state index in [0.29, 0.717) is 17.5 Å². The molecule has 69 heavy (non-hydrogen) atoms. The van der Waals surface area contributed by atoms with E-state index in [1.54, 1.807) is 0 Å². The van der Waals surface area contributed by atoms with Gasteiger partial charge in [-0.05, 0) is 105 Å². The fourth-order valence-corrected chi connectivity index (χ4v) is 11.2. The molecule has 0 radical (unpaired) electrons. The number of furan rings is 2. The van der Waals surface area contributed by atoms with E-state index in [0.717, 1.165) is 99.5 Å². The van der Waals surface area contributed by atoms with Gasteiger partial charge in [-0.3, -0.25) is 0 Å². The molecule has 4 heterocycles. The number of thiophene rings is 1. The summed E-state index contributed by atoms with van der Waals surface area (Å²) < 4.78 is 15.9. The van der Waals surface area contributed by atoms with E-state index < -0.39 is 0 Å². The molecule has 14 aromatic rings. The molecule has 0 aliphatic carbocycles. The predicted molar refractivity (Wildman–Crippen MR) is 285 cm³/mol. The SMILES string of the molecule is c1ccc(-c2cccc(-c3nc(-c4cccc(-c5ccccc5)c4)nc(-c4cccc5oc6ccc(-c7cccc8oc9cc(-c%10ccc%11c(c%10)sc%10ccccc%10%11)ccc9c78)cc6c45)n3)c2)cc1. The third-order valence-corrected chi connectivity index (χ3v) is 14.5. The average Bonchev–Trinajstić information content (AvgIpc) is 4.12. The zero-order chi connectivity index (χ0) is 45.4. The number of benzene rings is 10. The molecule has 0 amide bonds. The summed E-state index contributed by atoms with van der Waals surface area (Å²) in [5, 5.41) is 6.66. The summed E-state index contributed by atoms with van der Waals surface area (Å²) in [5.41, 5.74) is 14.8. The third kappa shape index (κ3) is 6.72.